The number of hydrogen-bond acceptors (Lipinski definition) is 1. The van der Waals surface area contributed by atoms with Crippen LogP contribution in [0.3, 0.4) is 0 Å². The second-order valence-corrected chi connectivity index (χ2v) is 7.27. The highest BCUT2D eigenvalue weighted by atomic mass is 14.9. The molecule has 0 saturated carbocycles. The van der Waals surface area contributed by atoms with E-state index in [1.807, 2.05) is 0 Å². The largest absolute Gasteiger partial charge is 0.306 e. The SMILES string of the molecule is CC(C)(C)CCNC1c2ccccc2Cc2ccccc21. The Morgan fingerprint density at radius 1 is 0.905 bits per heavy atom. The summed E-state index contributed by atoms with van der Waals surface area (Å²) in [5.41, 5.74) is 6.20. The Balaban J connectivity index is 1.88. The van der Waals surface area contributed by atoms with Gasteiger partial charge in [0.25, 0.3) is 0 Å². The van der Waals surface area contributed by atoms with E-state index in [2.05, 4.69) is 74.6 Å². The van der Waals surface area contributed by atoms with Gasteiger partial charge in [0.15, 0.2) is 0 Å². The summed E-state index contributed by atoms with van der Waals surface area (Å²) in [6, 6.07) is 18.1. The van der Waals surface area contributed by atoms with E-state index in [0.717, 1.165) is 13.0 Å². The molecule has 1 N–H and O–H groups in total. The zero-order valence-corrected chi connectivity index (χ0v) is 13.3. The van der Waals surface area contributed by atoms with Gasteiger partial charge in [0.1, 0.15) is 0 Å². The second-order valence-electron chi connectivity index (χ2n) is 7.27. The van der Waals surface area contributed by atoms with Crippen molar-refractivity contribution in [3.05, 3.63) is 70.8 Å². The summed E-state index contributed by atoms with van der Waals surface area (Å²) in [5.74, 6) is 0. The maximum Gasteiger partial charge on any atom is 0.0582 e. The van der Waals surface area contributed by atoms with Crippen molar-refractivity contribution >= 4 is 0 Å². The predicted octanol–water partition coefficient (Wildman–Crippen LogP) is 4.71. The first-order chi connectivity index (χ1) is 10.0. The Labute approximate surface area is 128 Å². The standard InChI is InChI=1S/C20H25N/c1-20(2,3)12-13-21-19-17-10-6-4-8-15(17)14-16-9-5-7-11-18(16)19/h4-11,19,21H,12-14H2,1-3H3. The molecule has 0 amide bonds. The van der Waals surface area contributed by atoms with Crippen LogP contribution in [0, 0.1) is 5.41 Å². The Kier molecular flexibility index (Phi) is 3.86. The quantitative estimate of drug-likeness (QED) is 0.858. The van der Waals surface area contributed by atoms with Crippen LogP contribution in [0.15, 0.2) is 48.5 Å². The van der Waals surface area contributed by atoms with Gasteiger partial charge >= 0.3 is 0 Å². The first-order valence-corrected chi connectivity index (χ1v) is 7.93. The average Bonchev–Trinajstić information content (AvgIpc) is 2.45. The lowest BCUT2D eigenvalue weighted by Crippen LogP contribution is -2.29. The molecule has 0 saturated heterocycles. The van der Waals surface area contributed by atoms with Crippen molar-refractivity contribution in [2.24, 2.45) is 5.41 Å². The minimum Gasteiger partial charge on any atom is -0.306 e. The molecular formula is C20H25N. The topological polar surface area (TPSA) is 12.0 Å². The van der Waals surface area contributed by atoms with Gasteiger partial charge in [0, 0.05) is 0 Å². The summed E-state index contributed by atoms with van der Waals surface area (Å²) in [6.07, 6.45) is 2.25. The van der Waals surface area contributed by atoms with Crippen molar-refractivity contribution in [1.82, 2.24) is 5.32 Å². The third-order valence-electron chi connectivity index (χ3n) is 4.34. The van der Waals surface area contributed by atoms with Gasteiger partial charge < -0.3 is 5.32 Å². The molecule has 0 atom stereocenters. The van der Waals surface area contributed by atoms with Gasteiger partial charge in [-0.15, -0.1) is 0 Å². The molecule has 0 heterocycles. The number of hydrogen-bond donors (Lipinski definition) is 1. The molecule has 0 unspecified atom stereocenters. The van der Waals surface area contributed by atoms with E-state index < -0.39 is 0 Å². The zero-order valence-electron chi connectivity index (χ0n) is 13.3. The van der Waals surface area contributed by atoms with Gasteiger partial charge in [0.2, 0.25) is 0 Å². The van der Waals surface area contributed by atoms with Crippen LogP contribution in [0.2, 0.25) is 0 Å². The van der Waals surface area contributed by atoms with Crippen molar-refractivity contribution in [1.29, 1.82) is 0 Å². The second kappa shape index (κ2) is 5.65. The monoisotopic (exact) mass is 279 g/mol. The molecule has 2 aromatic rings. The number of benzene rings is 2. The van der Waals surface area contributed by atoms with Crippen molar-refractivity contribution in [2.45, 2.75) is 39.7 Å². The Hall–Kier alpha value is -1.60. The minimum absolute atomic E-state index is 0.341. The smallest absolute Gasteiger partial charge is 0.0582 e. The summed E-state index contributed by atoms with van der Waals surface area (Å²) in [7, 11) is 0. The Morgan fingerprint density at radius 2 is 1.43 bits per heavy atom. The van der Waals surface area contributed by atoms with Crippen LogP contribution in [0.25, 0.3) is 0 Å². The van der Waals surface area contributed by atoms with Crippen molar-refractivity contribution in [3.63, 3.8) is 0 Å². The highest BCUT2D eigenvalue weighted by Gasteiger charge is 2.24. The maximum atomic E-state index is 3.79. The van der Waals surface area contributed by atoms with Crippen LogP contribution >= 0.6 is 0 Å². The van der Waals surface area contributed by atoms with E-state index >= 15 is 0 Å². The van der Waals surface area contributed by atoms with E-state index in [4.69, 9.17) is 0 Å². The van der Waals surface area contributed by atoms with Gasteiger partial charge in [-0.1, -0.05) is 69.3 Å². The summed E-state index contributed by atoms with van der Waals surface area (Å²) in [4.78, 5) is 0. The molecule has 0 bridgehead atoms. The maximum absolute atomic E-state index is 3.79. The molecule has 0 aromatic heterocycles. The fourth-order valence-electron chi connectivity index (χ4n) is 3.14. The van der Waals surface area contributed by atoms with Crippen LogP contribution in [-0.4, -0.2) is 6.54 Å². The van der Waals surface area contributed by atoms with Crippen molar-refractivity contribution in [3.8, 4) is 0 Å². The lowest BCUT2D eigenvalue weighted by molar-refractivity contribution is 0.360. The van der Waals surface area contributed by atoms with E-state index in [1.165, 1.54) is 28.7 Å². The van der Waals surface area contributed by atoms with E-state index in [-0.39, 0.29) is 0 Å². The molecule has 110 valence electrons. The van der Waals surface area contributed by atoms with E-state index in [9.17, 15) is 0 Å². The molecular weight excluding hydrogens is 254 g/mol. The number of nitrogens with one attached hydrogen (secondary N) is 1. The third kappa shape index (κ3) is 3.19. The number of fused-ring (bicyclic) bond motifs is 2. The molecule has 2 aromatic carbocycles. The fraction of sp³-hybridized carbons (Fsp3) is 0.400. The Morgan fingerprint density at radius 3 is 1.95 bits per heavy atom. The minimum atomic E-state index is 0.341. The van der Waals surface area contributed by atoms with E-state index in [1.54, 1.807) is 0 Å². The van der Waals surface area contributed by atoms with Crippen molar-refractivity contribution in [2.75, 3.05) is 6.54 Å². The molecule has 0 radical (unpaired) electrons. The zero-order chi connectivity index (χ0) is 14.9. The third-order valence-corrected chi connectivity index (χ3v) is 4.34. The van der Waals surface area contributed by atoms with Gasteiger partial charge in [-0.25, -0.2) is 0 Å². The fourth-order valence-corrected chi connectivity index (χ4v) is 3.14. The molecule has 1 heteroatoms. The van der Waals surface area contributed by atoms with Gasteiger partial charge in [-0.05, 0) is 47.1 Å². The summed E-state index contributed by atoms with van der Waals surface area (Å²) in [6.45, 7) is 7.96. The van der Waals surface area contributed by atoms with Gasteiger partial charge in [0.05, 0.1) is 6.04 Å². The molecule has 21 heavy (non-hydrogen) atoms. The summed E-state index contributed by atoms with van der Waals surface area (Å²) in [5, 5.41) is 3.79. The summed E-state index contributed by atoms with van der Waals surface area (Å²) >= 11 is 0. The lowest BCUT2D eigenvalue weighted by Gasteiger charge is -2.30. The molecule has 0 fully saturated rings. The van der Waals surface area contributed by atoms with Gasteiger partial charge in [-0.3, -0.25) is 0 Å². The molecule has 3 rings (SSSR count). The normalized spacial score (nSPS) is 14.6. The molecule has 1 aliphatic carbocycles. The van der Waals surface area contributed by atoms with Crippen LogP contribution in [0.5, 0.6) is 0 Å². The highest BCUT2D eigenvalue weighted by molar-refractivity contribution is 5.48. The van der Waals surface area contributed by atoms with Crippen LogP contribution < -0.4 is 5.32 Å². The average molecular weight is 279 g/mol. The molecule has 1 nitrogen and oxygen atoms in total. The Bertz CT molecular complexity index is 576. The number of rotatable bonds is 3. The first-order valence-electron chi connectivity index (χ1n) is 7.93. The molecule has 1 aliphatic rings. The first kappa shape index (κ1) is 14.3. The predicted molar refractivity (Wildman–Crippen MR) is 89.6 cm³/mol. The summed E-state index contributed by atoms with van der Waals surface area (Å²) < 4.78 is 0. The van der Waals surface area contributed by atoms with Gasteiger partial charge in [-0.2, -0.15) is 0 Å². The van der Waals surface area contributed by atoms with Crippen LogP contribution in [-0.2, 0) is 6.42 Å². The van der Waals surface area contributed by atoms with Crippen LogP contribution in [0.1, 0.15) is 55.5 Å². The van der Waals surface area contributed by atoms with Crippen LogP contribution in [0.4, 0.5) is 0 Å². The van der Waals surface area contributed by atoms with Crippen molar-refractivity contribution < 1.29 is 0 Å². The van der Waals surface area contributed by atoms with E-state index in [0.29, 0.717) is 11.5 Å². The molecule has 0 spiro atoms. The molecule has 0 aliphatic heterocycles. The lowest BCUT2D eigenvalue weighted by atomic mass is 9.82. The highest BCUT2D eigenvalue weighted by Crippen LogP contribution is 2.34.